The Morgan fingerprint density at radius 2 is 1.52 bits per heavy atom. The maximum Gasteiger partial charge on any atom is 0.232 e. The van der Waals surface area contributed by atoms with Crippen LogP contribution in [0.5, 0.6) is 0 Å². The van der Waals surface area contributed by atoms with Gasteiger partial charge in [0.1, 0.15) is 5.92 Å². The smallest absolute Gasteiger partial charge is 0.232 e. The van der Waals surface area contributed by atoms with Gasteiger partial charge in [0.2, 0.25) is 11.8 Å². The largest absolute Gasteiger partial charge is 0.393 e. The number of rotatable bonds is 9. The van der Waals surface area contributed by atoms with Crippen LogP contribution in [0, 0.1) is 5.92 Å². The fourth-order valence-electron chi connectivity index (χ4n) is 2.63. The number of aliphatic hydroxyl groups is 1. The van der Waals surface area contributed by atoms with Crippen molar-refractivity contribution in [3.8, 4) is 0 Å². The molecule has 0 saturated carbocycles. The fraction of sp³-hybridized carbons (Fsp3) is 0.300. The van der Waals surface area contributed by atoms with Crippen LogP contribution in [0.1, 0.15) is 24.0 Å². The van der Waals surface area contributed by atoms with Gasteiger partial charge in [-0.3, -0.25) is 9.59 Å². The predicted molar refractivity (Wildman–Crippen MR) is 96.4 cm³/mol. The highest BCUT2D eigenvalue weighted by molar-refractivity contribution is 5.99. The first-order valence-electron chi connectivity index (χ1n) is 8.39. The molecule has 2 atom stereocenters. The van der Waals surface area contributed by atoms with E-state index in [4.69, 9.17) is 5.73 Å². The van der Waals surface area contributed by atoms with Crippen molar-refractivity contribution >= 4 is 11.8 Å². The van der Waals surface area contributed by atoms with E-state index in [1.165, 1.54) is 0 Å². The molecule has 0 bridgehead atoms. The van der Waals surface area contributed by atoms with E-state index < -0.39 is 23.8 Å². The number of aryl methyl sites for hydroxylation is 1. The van der Waals surface area contributed by atoms with E-state index in [-0.39, 0.29) is 6.42 Å². The highest BCUT2D eigenvalue weighted by atomic mass is 16.3. The zero-order chi connectivity index (χ0) is 18.1. The number of amides is 2. The van der Waals surface area contributed by atoms with Gasteiger partial charge in [0, 0.05) is 6.54 Å². The molecule has 0 heterocycles. The number of aliphatic hydroxyl groups excluding tert-OH is 1. The predicted octanol–water partition coefficient (Wildman–Crippen LogP) is 1.79. The molecule has 0 aliphatic rings. The summed E-state index contributed by atoms with van der Waals surface area (Å²) in [5, 5.41) is 12.9. The minimum absolute atomic E-state index is 0.0305. The third-order valence-corrected chi connectivity index (χ3v) is 4.09. The van der Waals surface area contributed by atoms with Crippen LogP contribution in [0.4, 0.5) is 0 Å². The number of carbonyl (C=O) groups excluding carboxylic acids is 2. The Morgan fingerprint density at radius 3 is 2.08 bits per heavy atom. The van der Waals surface area contributed by atoms with Crippen LogP contribution in [0.15, 0.2) is 60.7 Å². The lowest BCUT2D eigenvalue weighted by atomic mass is 9.96. The molecule has 2 rings (SSSR count). The van der Waals surface area contributed by atoms with E-state index in [0.29, 0.717) is 19.4 Å². The second-order valence-electron chi connectivity index (χ2n) is 6.07. The molecule has 5 nitrogen and oxygen atoms in total. The van der Waals surface area contributed by atoms with Crippen molar-refractivity contribution in [3.63, 3.8) is 0 Å². The van der Waals surface area contributed by atoms with Crippen molar-refractivity contribution in [2.24, 2.45) is 11.7 Å². The Labute approximate surface area is 147 Å². The van der Waals surface area contributed by atoms with Gasteiger partial charge >= 0.3 is 0 Å². The number of carbonyl (C=O) groups is 2. The average Bonchev–Trinajstić information content (AvgIpc) is 2.64. The zero-order valence-corrected chi connectivity index (χ0v) is 14.1. The van der Waals surface area contributed by atoms with Crippen molar-refractivity contribution in [3.05, 3.63) is 71.8 Å². The van der Waals surface area contributed by atoms with Gasteiger partial charge in [-0.05, 0) is 30.4 Å². The van der Waals surface area contributed by atoms with Crippen molar-refractivity contribution in [2.75, 3.05) is 0 Å². The van der Waals surface area contributed by atoms with Crippen LogP contribution in [-0.4, -0.2) is 23.0 Å². The molecule has 4 N–H and O–H groups in total. The van der Waals surface area contributed by atoms with Crippen LogP contribution in [0.2, 0.25) is 0 Å². The Hall–Kier alpha value is -2.66. The summed E-state index contributed by atoms with van der Waals surface area (Å²) in [6, 6.07) is 19.2. The van der Waals surface area contributed by atoms with Crippen LogP contribution >= 0.6 is 0 Å². The van der Waals surface area contributed by atoms with E-state index in [0.717, 1.165) is 11.1 Å². The van der Waals surface area contributed by atoms with Gasteiger partial charge in [-0.2, -0.15) is 0 Å². The van der Waals surface area contributed by atoms with E-state index in [2.05, 4.69) is 5.32 Å². The Bertz CT molecular complexity index is 674. The Morgan fingerprint density at radius 1 is 0.960 bits per heavy atom. The molecular formula is C20H24N2O3. The molecule has 0 fully saturated rings. The molecule has 0 aromatic heterocycles. The number of hydrogen-bond acceptors (Lipinski definition) is 3. The van der Waals surface area contributed by atoms with E-state index in [9.17, 15) is 14.7 Å². The van der Waals surface area contributed by atoms with Crippen molar-refractivity contribution < 1.29 is 14.7 Å². The lowest BCUT2D eigenvalue weighted by molar-refractivity contribution is -0.135. The van der Waals surface area contributed by atoms with Gasteiger partial charge in [-0.1, -0.05) is 60.7 Å². The summed E-state index contributed by atoms with van der Waals surface area (Å²) in [6.45, 7) is 0.323. The summed E-state index contributed by atoms with van der Waals surface area (Å²) in [6.07, 6.45) is 0.418. The van der Waals surface area contributed by atoms with Crippen molar-refractivity contribution in [2.45, 2.75) is 31.9 Å². The van der Waals surface area contributed by atoms with Gasteiger partial charge in [0.25, 0.3) is 0 Å². The SMILES string of the molecule is NC(=O)[C@@H](C[C@@H](O)CCc1ccccc1)C(=O)NCc1ccccc1. The summed E-state index contributed by atoms with van der Waals surface area (Å²) in [7, 11) is 0. The molecule has 0 radical (unpaired) electrons. The molecule has 0 aliphatic carbocycles. The van der Waals surface area contributed by atoms with Crippen molar-refractivity contribution in [1.29, 1.82) is 0 Å². The molecule has 0 spiro atoms. The topological polar surface area (TPSA) is 92.4 Å². The van der Waals surface area contributed by atoms with Gasteiger partial charge in [-0.15, -0.1) is 0 Å². The molecule has 5 heteroatoms. The van der Waals surface area contributed by atoms with Crippen LogP contribution in [0.3, 0.4) is 0 Å². The molecule has 2 aromatic carbocycles. The summed E-state index contributed by atoms with van der Waals surface area (Å²) in [4.78, 5) is 23.9. The lowest BCUT2D eigenvalue weighted by Crippen LogP contribution is -2.40. The normalized spacial score (nSPS) is 13.0. The number of benzene rings is 2. The van der Waals surface area contributed by atoms with E-state index >= 15 is 0 Å². The molecule has 132 valence electrons. The molecule has 0 aliphatic heterocycles. The highest BCUT2D eigenvalue weighted by Crippen LogP contribution is 2.13. The van der Waals surface area contributed by atoms with Gasteiger partial charge in [0.05, 0.1) is 6.10 Å². The van der Waals surface area contributed by atoms with E-state index in [1.54, 1.807) is 0 Å². The minimum Gasteiger partial charge on any atom is -0.393 e. The molecule has 2 aromatic rings. The van der Waals surface area contributed by atoms with Gasteiger partial charge < -0.3 is 16.2 Å². The first kappa shape index (κ1) is 18.7. The number of primary amides is 1. The number of nitrogens with one attached hydrogen (secondary N) is 1. The molecule has 0 unspecified atom stereocenters. The molecule has 25 heavy (non-hydrogen) atoms. The monoisotopic (exact) mass is 340 g/mol. The number of nitrogens with two attached hydrogens (primary N) is 1. The van der Waals surface area contributed by atoms with Crippen molar-refractivity contribution in [1.82, 2.24) is 5.32 Å². The first-order valence-corrected chi connectivity index (χ1v) is 8.39. The first-order chi connectivity index (χ1) is 12.1. The maximum absolute atomic E-state index is 12.2. The Kier molecular flexibility index (Phi) is 7.16. The second kappa shape index (κ2) is 9.59. The quantitative estimate of drug-likeness (QED) is 0.608. The highest BCUT2D eigenvalue weighted by Gasteiger charge is 2.27. The lowest BCUT2D eigenvalue weighted by Gasteiger charge is -2.17. The van der Waals surface area contributed by atoms with Crippen LogP contribution < -0.4 is 11.1 Å². The van der Waals surface area contributed by atoms with Gasteiger partial charge in [-0.25, -0.2) is 0 Å². The summed E-state index contributed by atoms with van der Waals surface area (Å²) in [5.41, 5.74) is 7.39. The summed E-state index contributed by atoms with van der Waals surface area (Å²) < 4.78 is 0. The number of hydrogen-bond donors (Lipinski definition) is 3. The average molecular weight is 340 g/mol. The Balaban J connectivity index is 1.84. The van der Waals surface area contributed by atoms with Crippen LogP contribution in [-0.2, 0) is 22.6 Å². The third kappa shape index (κ3) is 6.39. The third-order valence-electron chi connectivity index (χ3n) is 4.09. The summed E-state index contributed by atoms with van der Waals surface area (Å²) in [5.74, 6) is -2.20. The molecule has 0 saturated heterocycles. The van der Waals surface area contributed by atoms with Crippen LogP contribution in [0.25, 0.3) is 0 Å². The minimum atomic E-state index is -1.03. The summed E-state index contributed by atoms with van der Waals surface area (Å²) >= 11 is 0. The van der Waals surface area contributed by atoms with E-state index in [1.807, 2.05) is 60.7 Å². The molecule has 2 amide bonds. The standard InChI is InChI=1S/C20H24N2O3/c21-19(24)18(20(25)22-14-16-9-5-2-6-10-16)13-17(23)12-11-15-7-3-1-4-8-15/h1-10,17-18,23H,11-14H2,(H2,21,24)(H,22,25)/t17-,18+/m0/s1. The zero-order valence-electron chi connectivity index (χ0n) is 14.1. The molecular weight excluding hydrogens is 316 g/mol. The second-order valence-corrected chi connectivity index (χ2v) is 6.07. The fourth-order valence-corrected chi connectivity index (χ4v) is 2.63. The van der Waals surface area contributed by atoms with Gasteiger partial charge in [0.15, 0.2) is 0 Å². The maximum atomic E-state index is 12.2.